The maximum atomic E-state index is 6.07. The third-order valence-corrected chi connectivity index (χ3v) is 3.26. The molecule has 0 aliphatic rings. The highest BCUT2D eigenvalue weighted by atomic mass is 15.3. The molecule has 3 rings (SSSR count). The second kappa shape index (κ2) is 4.28. The van der Waals surface area contributed by atoms with Gasteiger partial charge in [0, 0.05) is 37.6 Å². The Bertz CT molecular complexity index is 723. The van der Waals surface area contributed by atoms with E-state index in [0.29, 0.717) is 5.82 Å². The topological polar surface area (TPSA) is 61.7 Å². The molecule has 2 aromatic heterocycles. The van der Waals surface area contributed by atoms with Gasteiger partial charge in [0.1, 0.15) is 11.6 Å². The zero-order chi connectivity index (χ0) is 13.4. The average Bonchev–Trinajstić information content (AvgIpc) is 2.98. The van der Waals surface area contributed by atoms with Crippen molar-refractivity contribution in [2.75, 3.05) is 5.73 Å². The molecule has 1 aromatic carbocycles. The van der Waals surface area contributed by atoms with Gasteiger partial charge in [-0.05, 0) is 5.56 Å². The number of nitrogen functional groups attached to an aromatic ring is 1. The fourth-order valence-electron chi connectivity index (χ4n) is 2.19. The predicted molar refractivity (Wildman–Crippen MR) is 75.3 cm³/mol. The summed E-state index contributed by atoms with van der Waals surface area (Å²) < 4.78 is 3.66. The minimum Gasteiger partial charge on any atom is -0.383 e. The van der Waals surface area contributed by atoms with Crippen molar-refractivity contribution in [3.63, 3.8) is 0 Å². The van der Waals surface area contributed by atoms with Gasteiger partial charge in [-0.15, -0.1) is 0 Å². The summed E-state index contributed by atoms with van der Waals surface area (Å²) in [6.07, 6.45) is 5.51. The Morgan fingerprint density at radius 2 is 1.79 bits per heavy atom. The van der Waals surface area contributed by atoms with Crippen LogP contribution in [0.5, 0.6) is 0 Å². The molecule has 0 saturated heterocycles. The Morgan fingerprint density at radius 3 is 2.37 bits per heavy atom. The van der Waals surface area contributed by atoms with Gasteiger partial charge in [-0.25, -0.2) is 4.98 Å². The molecule has 0 radical (unpaired) electrons. The SMILES string of the molecule is Cn1ccnc1-c1ccccc1-c1cnn(C)c1N. The minimum absolute atomic E-state index is 0.654. The number of rotatable bonds is 2. The van der Waals surface area contributed by atoms with Gasteiger partial charge < -0.3 is 10.3 Å². The van der Waals surface area contributed by atoms with Crippen LogP contribution >= 0.6 is 0 Å². The molecule has 0 bridgehead atoms. The van der Waals surface area contributed by atoms with Crippen LogP contribution in [0.4, 0.5) is 5.82 Å². The van der Waals surface area contributed by atoms with Crippen LogP contribution in [-0.4, -0.2) is 19.3 Å². The standard InChI is InChI=1S/C14H15N5/c1-18-8-7-16-14(18)11-6-4-3-5-10(11)12-9-17-19(2)13(12)15/h3-9H,15H2,1-2H3. The number of hydrogen-bond acceptors (Lipinski definition) is 3. The molecule has 5 heteroatoms. The van der Waals surface area contributed by atoms with E-state index in [2.05, 4.69) is 10.1 Å². The van der Waals surface area contributed by atoms with Crippen molar-refractivity contribution >= 4 is 5.82 Å². The van der Waals surface area contributed by atoms with Gasteiger partial charge in [-0.2, -0.15) is 5.10 Å². The van der Waals surface area contributed by atoms with Crippen LogP contribution in [0.25, 0.3) is 22.5 Å². The van der Waals surface area contributed by atoms with Crippen LogP contribution in [-0.2, 0) is 14.1 Å². The first kappa shape index (κ1) is 11.5. The molecular weight excluding hydrogens is 238 g/mol. The second-order valence-electron chi connectivity index (χ2n) is 4.47. The van der Waals surface area contributed by atoms with Gasteiger partial charge in [-0.1, -0.05) is 24.3 Å². The molecular formula is C14H15N5. The summed E-state index contributed by atoms with van der Waals surface area (Å²) in [5.74, 6) is 1.57. The van der Waals surface area contributed by atoms with Crippen molar-refractivity contribution in [1.82, 2.24) is 19.3 Å². The van der Waals surface area contributed by atoms with Crippen LogP contribution in [0, 0.1) is 0 Å². The van der Waals surface area contributed by atoms with Crippen LogP contribution in [0.2, 0.25) is 0 Å². The Morgan fingerprint density at radius 1 is 1.05 bits per heavy atom. The first-order chi connectivity index (χ1) is 9.18. The number of aryl methyl sites for hydroxylation is 2. The average molecular weight is 253 g/mol. The van der Waals surface area contributed by atoms with Crippen molar-refractivity contribution in [2.45, 2.75) is 0 Å². The Kier molecular flexibility index (Phi) is 2.59. The molecule has 0 fully saturated rings. The largest absolute Gasteiger partial charge is 0.383 e. The Balaban J connectivity index is 2.24. The number of aromatic nitrogens is 4. The summed E-state index contributed by atoms with van der Waals surface area (Å²) in [6.45, 7) is 0. The highest BCUT2D eigenvalue weighted by molar-refractivity contribution is 5.85. The van der Waals surface area contributed by atoms with Gasteiger partial charge in [0.15, 0.2) is 0 Å². The maximum absolute atomic E-state index is 6.07. The zero-order valence-corrected chi connectivity index (χ0v) is 10.9. The third-order valence-electron chi connectivity index (χ3n) is 3.26. The van der Waals surface area contributed by atoms with E-state index in [0.717, 1.165) is 22.5 Å². The molecule has 3 aromatic rings. The van der Waals surface area contributed by atoms with Crippen molar-refractivity contribution in [2.24, 2.45) is 14.1 Å². The summed E-state index contributed by atoms with van der Waals surface area (Å²) in [6, 6.07) is 8.08. The third kappa shape index (κ3) is 1.79. The van der Waals surface area contributed by atoms with E-state index in [1.807, 2.05) is 49.1 Å². The van der Waals surface area contributed by atoms with Gasteiger partial charge in [-0.3, -0.25) is 4.68 Å². The smallest absolute Gasteiger partial charge is 0.140 e. The lowest BCUT2D eigenvalue weighted by atomic mass is 10.0. The van der Waals surface area contributed by atoms with E-state index < -0.39 is 0 Å². The molecule has 0 aliphatic heterocycles. The lowest BCUT2D eigenvalue weighted by molar-refractivity contribution is 0.779. The molecule has 0 amide bonds. The fraction of sp³-hybridized carbons (Fsp3) is 0.143. The predicted octanol–water partition coefficient (Wildman–Crippen LogP) is 2.07. The highest BCUT2D eigenvalue weighted by Gasteiger charge is 2.14. The van der Waals surface area contributed by atoms with Crippen LogP contribution in [0.15, 0.2) is 42.9 Å². The first-order valence-electron chi connectivity index (χ1n) is 6.03. The summed E-state index contributed by atoms with van der Waals surface area (Å²) in [5.41, 5.74) is 9.09. The molecule has 0 spiro atoms. The summed E-state index contributed by atoms with van der Waals surface area (Å²) >= 11 is 0. The van der Waals surface area contributed by atoms with Crippen LogP contribution < -0.4 is 5.73 Å². The second-order valence-corrected chi connectivity index (χ2v) is 4.47. The van der Waals surface area contributed by atoms with E-state index in [9.17, 15) is 0 Å². The maximum Gasteiger partial charge on any atom is 0.140 e. The molecule has 2 heterocycles. The molecule has 96 valence electrons. The number of nitrogens with zero attached hydrogens (tertiary/aromatic N) is 4. The molecule has 0 saturated carbocycles. The number of hydrogen-bond donors (Lipinski definition) is 1. The van der Waals surface area contributed by atoms with E-state index >= 15 is 0 Å². The number of benzene rings is 1. The molecule has 2 N–H and O–H groups in total. The van der Waals surface area contributed by atoms with Gasteiger partial charge in [0.25, 0.3) is 0 Å². The van der Waals surface area contributed by atoms with Crippen molar-refractivity contribution in [1.29, 1.82) is 0 Å². The molecule has 0 atom stereocenters. The van der Waals surface area contributed by atoms with Gasteiger partial charge in [0.2, 0.25) is 0 Å². The summed E-state index contributed by atoms with van der Waals surface area (Å²) in [5, 5.41) is 4.20. The van der Waals surface area contributed by atoms with Crippen molar-refractivity contribution < 1.29 is 0 Å². The lowest BCUT2D eigenvalue weighted by Crippen LogP contribution is -1.99. The number of anilines is 1. The highest BCUT2D eigenvalue weighted by Crippen LogP contribution is 2.33. The normalized spacial score (nSPS) is 10.8. The summed E-state index contributed by atoms with van der Waals surface area (Å²) in [4.78, 5) is 4.40. The van der Waals surface area contributed by atoms with Crippen molar-refractivity contribution in [3.05, 3.63) is 42.9 Å². The van der Waals surface area contributed by atoms with E-state index in [1.54, 1.807) is 17.1 Å². The van der Waals surface area contributed by atoms with Gasteiger partial charge >= 0.3 is 0 Å². The quantitative estimate of drug-likeness (QED) is 0.760. The Labute approximate surface area is 111 Å². The number of nitrogens with two attached hydrogens (primary N) is 1. The van der Waals surface area contributed by atoms with Crippen LogP contribution in [0.1, 0.15) is 0 Å². The zero-order valence-electron chi connectivity index (χ0n) is 10.9. The van der Waals surface area contributed by atoms with Crippen molar-refractivity contribution in [3.8, 4) is 22.5 Å². The molecule has 0 aliphatic carbocycles. The van der Waals surface area contributed by atoms with Gasteiger partial charge in [0.05, 0.1) is 6.20 Å². The number of imidazole rings is 1. The molecule has 5 nitrogen and oxygen atoms in total. The Hall–Kier alpha value is -2.56. The fourth-order valence-corrected chi connectivity index (χ4v) is 2.19. The van der Waals surface area contributed by atoms with Crippen LogP contribution in [0.3, 0.4) is 0 Å². The molecule has 0 unspecified atom stereocenters. The van der Waals surface area contributed by atoms with E-state index in [1.165, 1.54) is 0 Å². The minimum atomic E-state index is 0.654. The first-order valence-corrected chi connectivity index (χ1v) is 6.03. The molecule has 19 heavy (non-hydrogen) atoms. The summed E-state index contributed by atoms with van der Waals surface area (Å²) in [7, 11) is 3.81. The van der Waals surface area contributed by atoms with E-state index in [-0.39, 0.29) is 0 Å². The lowest BCUT2D eigenvalue weighted by Gasteiger charge is -2.09. The monoisotopic (exact) mass is 253 g/mol. The van der Waals surface area contributed by atoms with E-state index in [4.69, 9.17) is 5.73 Å².